The Morgan fingerprint density at radius 2 is 2.15 bits per heavy atom. The summed E-state index contributed by atoms with van der Waals surface area (Å²) in [5.74, 6) is 1.57. The Balaban J connectivity index is 2.24. The zero-order chi connectivity index (χ0) is 14.7. The van der Waals surface area contributed by atoms with Gasteiger partial charge in [0.25, 0.3) is 0 Å². The molecule has 0 saturated carbocycles. The van der Waals surface area contributed by atoms with Crippen LogP contribution in [-0.2, 0) is 6.54 Å². The smallest absolute Gasteiger partial charge is 0.156 e. The lowest BCUT2D eigenvalue weighted by Gasteiger charge is -2.14. The Morgan fingerprint density at radius 3 is 2.75 bits per heavy atom. The van der Waals surface area contributed by atoms with Gasteiger partial charge in [0.1, 0.15) is 5.76 Å². The van der Waals surface area contributed by atoms with E-state index >= 15 is 0 Å². The SMILES string of the molecule is CCOc1c(Br)cc(Cl)cc1NCc1c(C)noc1C. The molecule has 1 aromatic carbocycles. The predicted octanol–water partition coefficient (Wildman–Crippen LogP) is 4.72. The quantitative estimate of drug-likeness (QED) is 0.839. The number of anilines is 1. The molecule has 0 spiro atoms. The maximum Gasteiger partial charge on any atom is 0.156 e. The summed E-state index contributed by atoms with van der Waals surface area (Å²) in [6.45, 7) is 6.95. The van der Waals surface area contributed by atoms with E-state index in [0.717, 1.165) is 32.9 Å². The van der Waals surface area contributed by atoms with Crippen molar-refractivity contribution in [2.24, 2.45) is 0 Å². The third kappa shape index (κ3) is 3.27. The highest BCUT2D eigenvalue weighted by Crippen LogP contribution is 2.37. The molecule has 0 atom stereocenters. The highest BCUT2D eigenvalue weighted by Gasteiger charge is 2.13. The van der Waals surface area contributed by atoms with Gasteiger partial charge in [0, 0.05) is 17.1 Å². The van der Waals surface area contributed by atoms with Gasteiger partial charge >= 0.3 is 0 Å². The van der Waals surface area contributed by atoms with Gasteiger partial charge in [0.05, 0.1) is 22.5 Å². The molecule has 0 aliphatic rings. The second-order valence-electron chi connectivity index (χ2n) is 4.35. The Labute approximate surface area is 131 Å². The van der Waals surface area contributed by atoms with Gasteiger partial charge in [0.2, 0.25) is 0 Å². The van der Waals surface area contributed by atoms with E-state index in [9.17, 15) is 0 Å². The molecule has 20 heavy (non-hydrogen) atoms. The van der Waals surface area contributed by atoms with E-state index in [-0.39, 0.29) is 0 Å². The maximum atomic E-state index is 6.09. The average Bonchev–Trinajstić information content (AvgIpc) is 2.70. The second-order valence-corrected chi connectivity index (χ2v) is 5.64. The van der Waals surface area contributed by atoms with Crippen LogP contribution in [0.4, 0.5) is 5.69 Å². The number of benzene rings is 1. The fourth-order valence-corrected chi connectivity index (χ4v) is 2.85. The monoisotopic (exact) mass is 358 g/mol. The molecular weight excluding hydrogens is 344 g/mol. The summed E-state index contributed by atoms with van der Waals surface area (Å²) in [6.07, 6.45) is 0. The Bertz CT molecular complexity index is 594. The van der Waals surface area contributed by atoms with Crippen molar-refractivity contribution < 1.29 is 9.26 Å². The van der Waals surface area contributed by atoms with E-state index in [4.69, 9.17) is 20.9 Å². The van der Waals surface area contributed by atoms with Crippen LogP contribution in [0.1, 0.15) is 23.9 Å². The third-order valence-electron chi connectivity index (χ3n) is 2.93. The molecular formula is C14H16BrClN2O2. The van der Waals surface area contributed by atoms with Gasteiger partial charge in [-0.15, -0.1) is 0 Å². The number of rotatable bonds is 5. The lowest BCUT2D eigenvalue weighted by molar-refractivity contribution is 0.339. The molecule has 1 aromatic heterocycles. The highest BCUT2D eigenvalue weighted by atomic mass is 79.9. The summed E-state index contributed by atoms with van der Waals surface area (Å²) >= 11 is 9.56. The molecule has 0 unspecified atom stereocenters. The zero-order valence-corrected chi connectivity index (χ0v) is 13.9. The number of hydrogen-bond donors (Lipinski definition) is 1. The van der Waals surface area contributed by atoms with Crippen LogP contribution in [0.15, 0.2) is 21.1 Å². The fourth-order valence-electron chi connectivity index (χ4n) is 1.92. The predicted molar refractivity (Wildman–Crippen MR) is 83.6 cm³/mol. The third-order valence-corrected chi connectivity index (χ3v) is 3.74. The molecule has 4 nitrogen and oxygen atoms in total. The average molecular weight is 360 g/mol. The van der Waals surface area contributed by atoms with E-state index in [0.29, 0.717) is 18.2 Å². The van der Waals surface area contributed by atoms with Crippen LogP contribution in [0.2, 0.25) is 5.02 Å². The minimum Gasteiger partial charge on any atom is -0.491 e. The van der Waals surface area contributed by atoms with Crippen molar-refractivity contribution in [3.8, 4) is 5.75 Å². The van der Waals surface area contributed by atoms with Crippen molar-refractivity contribution in [2.45, 2.75) is 27.3 Å². The molecule has 0 amide bonds. The molecule has 2 aromatic rings. The van der Waals surface area contributed by atoms with E-state index in [1.54, 1.807) is 0 Å². The van der Waals surface area contributed by atoms with Gasteiger partial charge in [-0.3, -0.25) is 0 Å². The number of ether oxygens (including phenoxy) is 1. The van der Waals surface area contributed by atoms with Crippen molar-refractivity contribution >= 4 is 33.2 Å². The van der Waals surface area contributed by atoms with Gasteiger partial charge in [-0.25, -0.2) is 0 Å². The maximum absolute atomic E-state index is 6.09. The second kappa shape index (κ2) is 6.50. The van der Waals surface area contributed by atoms with Crippen LogP contribution in [0.5, 0.6) is 5.75 Å². The van der Waals surface area contributed by atoms with E-state index in [1.807, 2.05) is 32.9 Å². The van der Waals surface area contributed by atoms with E-state index < -0.39 is 0 Å². The number of hydrogen-bond acceptors (Lipinski definition) is 4. The van der Waals surface area contributed by atoms with Crippen LogP contribution in [-0.4, -0.2) is 11.8 Å². The number of aryl methyl sites for hydroxylation is 2. The van der Waals surface area contributed by atoms with Gasteiger partial charge in [-0.05, 0) is 48.8 Å². The van der Waals surface area contributed by atoms with Gasteiger partial charge in [0.15, 0.2) is 5.75 Å². The Hall–Kier alpha value is -1.20. The van der Waals surface area contributed by atoms with E-state index in [1.165, 1.54) is 0 Å². The topological polar surface area (TPSA) is 47.3 Å². The normalized spacial score (nSPS) is 10.7. The molecule has 1 heterocycles. The summed E-state index contributed by atoms with van der Waals surface area (Å²) in [5, 5.41) is 7.91. The van der Waals surface area contributed by atoms with Gasteiger partial charge < -0.3 is 14.6 Å². The highest BCUT2D eigenvalue weighted by molar-refractivity contribution is 9.10. The molecule has 1 N–H and O–H groups in total. The van der Waals surface area contributed by atoms with Crippen LogP contribution < -0.4 is 10.1 Å². The van der Waals surface area contributed by atoms with Crippen LogP contribution in [0.3, 0.4) is 0 Å². The van der Waals surface area contributed by atoms with Gasteiger partial charge in [-0.1, -0.05) is 16.8 Å². The molecule has 0 saturated heterocycles. The van der Waals surface area contributed by atoms with Crippen LogP contribution in [0, 0.1) is 13.8 Å². The molecule has 6 heteroatoms. The van der Waals surface area contributed by atoms with E-state index in [2.05, 4.69) is 26.4 Å². The Morgan fingerprint density at radius 1 is 1.40 bits per heavy atom. The zero-order valence-electron chi connectivity index (χ0n) is 11.6. The lowest BCUT2D eigenvalue weighted by Crippen LogP contribution is -2.04. The van der Waals surface area contributed by atoms with Crippen LogP contribution >= 0.6 is 27.5 Å². The molecule has 0 bridgehead atoms. The standard InChI is InChI=1S/C14H16BrClN2O2/c1-4-19-14-12(15)5-10(16)6-13(14)17-7-11-8(2)18-20-9(11)3/h5-6,17H,4,7H2,1-3H3. The van der Waals surface area contributed by atoms with Crippen molar-refractivity contribution in [2.75, 3.05) is 11.9 Å². The van der Waals surface area contributed by atoms with Crippen LogP contribution in [0.25, 0.3) is 0 Å². The van der Waals surface area contributed by atoms with Gasteiger partial charge in [-0.2, -0.15) is 0 Å². The largest absolute Gasteiger partial charge is 0.491 e. The summed E-state index contributed by atoms with van der Waals surface area (Å²) in [6, 6.07) is 3.66. The molecule has 108 valence electrons. The first-order valence-electron chi connectivity index (χ1n) is 6.30. The first-order chi connectivity index (χ1) is 9.52. The molecule has 0 fully saturated rings. The minimum absolute atomic E-state index is 0.584. The number of aromatic nitrogens is 1. The summed E-state index contributed by atoms with van der Waals surface area (Å²) in [5.41, 5.74) is 2.77. The number of nitrogens with zero attached hydrogens (tertiary/aromatic N) is 1. The van der Waals surface area contributed by atoms with Crippen molar-refractivity contribution in [3.05, 3.63) is 38.6 Å². The Kier molecular flexibility index (Phi) is 4.94. The first-order valence-corrected chi connectivity index (χ1v) is 7.47. The molecule has 0 aliphatic heterocycles. The molecule has 0 aliphatic carbocycles. The molecule has 2 rings (SSSR count). The van der Waals surface area contributed by atoms with Crippen molar-refractivity contribution in [1.82, 2.24) is 5.16 Å². The summed E-state index contributed by atoms with van der Waals surface area (Å²) in [4.78, 5) is 0. The number of nitrogens with one attached hydrogen (secondary N) is 1. The fraction of sp³-hybridized carbons (Fsp3) is 0.357. The number of halogens is 2. The lowest BCUT2D eigenvalue weighted by atomic mass is 10.2. The van der Waals surface area contributed by atoms with Crippen molar-refractivity contribution in [1.29, 1.82) is 0 Å². The first kappa shape index (κ1) is 15.2. The summed E-state index contributed by atoms with van der Waals surface area (Å²) in [7, 11) is 0. The minimum atomic E-state index is 0.584. The summed E-state index contributed by atoms with van der Waals surface area (Å²) < 4.78 is 11.6. The van der Waals surface area contributed by atoms with Crippen molar-refractivity contribution in [3.63, 3.8) is 0 Å². The molecule has 0 radical (unpaired) electrons.